The minimum Gasteiger partial charge on any atom is -0.396 e. The van der Waals surface area contributed by atoms with Crippen molar-refractivity contribution >= 4 is 11.6 Å². The van der Waals surface area contributed by atoms with Crippen molar-refractivity contribution in [2.75, 3.05) is 36.5 Å². The Hall–Kier alpha value is -2.14. The summed E-state index contributed by atoms with van der Waals surface area (Å²) in [4.78, 5) is 13.6. The summed E-state index contributed by atoms with van der Waals surface area (Å²) >= 11 is 0. The second-order valence-electron chi connectivity index (χ2n) is 7.31. The van der Waals surface area contributed by atoms with Crippen LogP contribution in [0.15, 0.2) is 36.7 Å². The van der Waals surface area contributed by atoms with Crippen LogP contribution in [-0.2, 0) is 12.8 Å². The van der Waals surface area contributed by atoms with E-state index in [9.17, 15) is 5.11 Å². The van der Waals surface area contributed by atoms with Gasteiger partial charge in [0.1, 0.15) is 18.0 Å². The number of aliphatic hydroxyl groups is 1. The molecule has 25 heavy (non-hydrogen) atoms. The number of aromatic nitrogens is 2. The minimum absolute atomic E-state index is 0.259. The van der Waals surface area contributed by atoms with Crippen LogP contribution in [0.3, 0.4) is 0 Å². The summed E-state index contributed by atoms with van der Waals surface area (Å²) < 4.78 is 0. The molecule has 2 aromatic rings. The molecule has 0 saturated carbocycles. The monoisotopic (exact) mass is 338 g/mol. The molecule has 2 aliphatic rings. The summed E-state index contributed by atoms with van der Waals surface area (Å²) in [5.41, 5.74) is 2.91. The van der Waals surface area contributed by atoms with Gasteiger partial charge in [0.15, 0.2) is 0 Å². The lowest BCUT2D eigenvalue weighted by Gasteiger charge is -2.33. The molecule has 0 bridgehead atoms. The van der Waals surface area contributed by atoms with Gasteiger partial charge in [-0.05, 0) is 42.7 Å². The van der Waals surface area contributed by atoms with Crippen LogP contribution in [0.4, 0.5) is 11.6 Å². The largest absolute Gasteiger partial charge is 0.396 e. The fourth-order valence-electron chi connectivity index (χ4n) is 4.12. The zero-order valence-electron chi connectivity index (χ0n) is 14.8. The van der Waals surface area contributed by atoms with Gasteiger partial charge in [-0.3, -0.25) is 0 Å². The van der Waals surface area contributed by atoms with E-state index in [-0.39, 0.29) is 6.61 Å². The van der Waals surface area contributed by atoms with Gasteiger partial charge in [0, 0.05) is 38.9 Å². The molecule has 4 rings (SSSR count). The summed E-state index contributed by atoms with van der Waals surface area (Å²) in [5.74, 6) is 2.31. The fraction of sp³-hybridized carbons (Fsp3) is 0.500. The van der Waals surface area contributed by atoms with Gasteiger partial charge in [-0.25, -0.2) is 9.97 Å². The highest BCUT2D eigenvalue weighted by Crippen LogP contribution is 2.29. The lowest BCUT2D eigenvalue weighted by atomic mass is 9.99. The summed E-state index contributed by atoms with van der Waals surface area (Å²) in [6.07, 6.45) is 6.03. The Morgan fingerprint density at radius 3 is 2.68 bits per heavy atom. The maximum absolute atomic E-state index is 9.46. The molecule has 0 spiro atoms. The number of hydrogen-bond donors (Lipinski definition) is 1. The van der Waals surface area contributed by atoms with Gasteiger partial charge < -0.3 is 14.9 Å². The standard InChI is InChI=1S/C20H26N4O/c1-23(18-9-16-6-2-3-7-17(16)10-18)19-11-20(22-14-21-19)24-8-4-5-15(12-24)13-25/h2-3,6-7,11,14-15,18,25H,4-5,8-10,12-13H2,1H3/t15-/m1/s1. The van der Waals surface area contributed by atoms with Crippen molar-refractivity contribution in [1.29, 1.82) is 0 Å². The van der Waals surface area contributed by atoms with Gasteiger partial charge in [0.25, 0.3) is 0 Å². The molecule has 0 radical (unpaired) electrons. The highest BCUT2D eigenvalue weighted by atomic mass is 16.3. The van der Waals surface area contributed by atoms with Crippen molar-refractivity contribution in [2.45, 2.75) is 31.7 Å². The summed E-state index contributed by atoms with van der Waals surface area (Å²) in [7, 11) is 2.13. The molecule has 0 amide bonds. The summed E-state index contributed by atoms with van der Waals surface area (Å²) in [5, 5.41) is 9.46. The molecule has 1 saturated heterocycles. The lowest BCUT2D eigenvalue weighted by molar-refractivity contribution is 0.208. The summed E-state index contributed by atoms with van der Waals surface area (Å²) in [6.45, 7) is 2.14. The normalized spacial score (nSPS) is 20.6. The van der Waals surface area contributed by atoms with Gasteiger partial charge in [0.05, 0.1) is 0 Å². The van der Waals surface area contributed by atoms with E-state index in [4.69, 9.17) is 0 Å². The lowest BCUT2D eigenvalue weighted by Crippen LogP contribution is -2.38. The first-order chi connectivity index (χ1) is 12.2. The molecule has 1 aliphatic carbocycles. The van der Waals surface area contributed by atoms with Crippen molar-refractivity contribution < 1.29 is 5.11 Å². The van der Waals surface area contributed by atoms with Gasteiger partial charge in [0.2, 0.25) is 0 Å². The highest BCUT2D eigenvalue weighted by Gasteiger charge is 2.26. The zero-order valence-corrected chi connectivity index (χ0v) is 14.8. The van der Waals surface area contributed by atoms with Crippen molar-refractivity contribution in [1.82, 2.24) is 9.97 Å². The molecule has 5 heteroatoms. The van der Waals surface area contributed by atoms with Gasteiger partial charge in [-0.15, -0.1) is 0 Å². The van der Waals surface area contributed by atoms with Crippen LogP contribution in [0, 0.1) is 5.92 Å². The predicted octanol–water partition coefficient (Wildman–Crippen LogP) is 2.29. The molecule has 5 nitrogen and oxygen atoms in total. The Kier molecular flexibility index (Phi) is 4.57. The topological polar surface area (TPSA) is 52.5 Å². The molecule has 2 heterocycles. The van der Waals surface area contributed by atoms with Crippen LogP contribution in [0.5, 0.6) is 0 Å². The van der Waals surface area contributed by atoms with Gasteiger partial charge in [-0.2, -0.15) is 0 Å². The van der Waals surface area contributed by atoms with Crippen LogP contribution in [0.25, 0.3) is 0 Å². The number of likely N-dealkylation sites (N-methyl/N-ethyl adjacent to an activating group) is 1. The average Bonchev–Trinajstić information content (AvgIpc) is 3.12. The Balaban J connectivity index is 1.50. The third-order valence-electron chi connectivity index (χ3n) is 5.68. The summed E-state index contributed by atoms with van der Waals surface area (Å²) in [6, 6.07) is 11.3. The third-order valence-corrected chi connectivity index (χ3v) is 5.68. The molecule has 1 aliphatic heterocycles. The molecule has 1 fully saturated rings. The fourth-order valence-corrected chi connectivity index (χ4v) is 4.12. The Morgan fingerprint density at radius 2 is 1.96 bits per heavy atom. The number of anilines is 2. The van der Waals surface area contributed by atoms with E-state index in [0.29, 0.717) is 12.0 Å². The molecular formula is C20H26N4O. The number of rotatable bonds is 4. The molecule has 1 aromatic heterocycles. The Bertz CT molecular complexity index is 710. The van der Waals surface area contributed by atoms with Crippen molar-refractivity contribution in [3.05, 3.63) is 47.8 Å². The van der Waals surface area contributed by atoms with E-state index in [1.165, 1.54) is 11.1 Å². The number of piperidine rings is 1. The molecular weight excluding hydrogens is 312 g/mol. The first-order valence-corrected chi connectivity index (χ1v) is 9.22. The molecule has 0 unspecified atom stereocenters. The van der Waals surface area contributed by atoms with E-state index < -0.39 is 0 Å². The average molecular weight is 338 g/mol. The smallest absolute Gasteiger partial charge is 0.134 e. The molecule has 1 aromatic carbocycles. The Morgan fingerprint density at radius 1 is 1.20 bits per heavy atom. The third kappa shape index (κ3) is 3.33. The number of fused-ring (bicyclic) bond motifs is 1. The molecule has 1 atom stereocenters. The first kappa shape index (κ1) is 16.3. The number of aliphatic hydroxyl groups excluding tert-OH is 1. The SMILES string of the molecule is CN(c1cc(N2CCC[C@@H](CO)C2)ncn1)C1Cc2ccccc2C1. The van der Waals surface area contributed by atoms with Crippen molar-refractivity contribution in [3.8, 4) is 0 Å². The van der Waals surface area contributed by atoms with Gasteiger partial charge >= 0.3 is 0 Å². The number of benzene rings is 1. The quantitative estimate of drug-likeness (QED) is 0.927. The minimum atomic E-state index is 0.259. The van der Waals surface area contributed by atoms with E-state index in [1.54, 1.807) is 6.33 Å². The van der Waals surface area contributed by atoms with E-state index in [0.717, 1.165) is 50.4 Å². The van der Waals surface area contributed by atoms with E-state index in [2.05, 4.69) is 57.1 Å². The number of hydrogen-bond acceptors (Lipinski definition) is 5. The van der Waals surface area contributed by atoms with Crippen LogP contribution < -0.4 is 9.80 Å². The van der Waals surface area contributed by atoms with Crippen molar-refractivity contribution in [2.24, 2.45) is 5.92 Å². The van der Waals surface area contributed by atoms with Crippen molar-refractivity contribution in [3.63, 3.8) is 0 Å². The van der Waals surface area contributed by atoms with Crippen LogP contribution in [-0.4, -0.2) is 47.9 Å². The zero-order chi connectivity index (χ0) is 17.2. The van der Waals surface area contributed by atoms with E-state index >= 15 is 0 Å². The molecule has 1 N–H and O–H groups in total. The van der Waals surface area contributed by atoms with Crippen LogP contribution in [0.1, 0.15) is 24.0 Å². The second kappa shape index (κ2) is 7.00. The molecule has 132 valence electrons. The second-order valence-corrected chi connectivity index (χ2v) is 7.31. The van der Waals surface area contributed by atoms with Gasteiger partial charge in [-0.1, -0.05) is 24.3 Å². The Labute approximate surface area is 149 Å². The van der Waals surface area contributed by atoms with Crippen LogP contribution >= 0.6 is 0 Å². The highest BCUT2D eigenvalue weighted by molar-refractivity contribution is 5.52. The first-order valence-electron chi connectivity index (χ1n) is 9.22. The van der Waals surface area contributed by atoms with E-state index in [1.807, 2.05) is 0 Å². The maximum atomic E-state index is 9.46. The maximum Gasteiger partial charge on any atom is 0.134 e. The number of nitrogens with zero attached hydrogens (tertiary/aromatic N) is 4. The van der Waals surface area contributed by atoms with Crippen LogP contribution in [0.2, 0.25) is 0 Å². The predicted molar refractivity (Wildman–Crippen MR) is 100 cm³/mol.